The van der Waals surface area contributed by atoms with Crippen molar-refractivity contribution in [2.24, 2.45) is 0 Å². The van der Waals surface area contributed by atoms with Gasteiger partial charge in [0, 0.05) is 19.2 Å². The molecule has 21 heavy (non-hydrogen) atoms. The van der Waals surface area contributed by atoms with Gasteiger partial charge in [0.05, 0.1) is 6.54 Å². The van der Waals surface area contributed by atoms with E-state index in [1.54, 1.807) is 16.7 Å². The minimum absolute atomic E-state index is 0.0900. The molecule has 1 N–H and O–H groups in total. The van der Waals surface area contributed by atoms with Gasteiger partial charge in [0.2, 0.25) is 0 Å². The van der Waals surface area contributed by atoms with Crippen LogP contribution < -0.4 is 10.9 Å². The fourth-order valence-corrected chi connectivity index (χ4v) is 3.38. The number of nitrogens with zero attached hydrogens (tertiary/aromatic N) is 2. The smallest absolute Gasteiger partial charge is 0.272 e. The number of fused-ring (bicyclic) bond motifs is 2. The molecule has 1 amide bonds. The molecule has 1 saturated heterocycles. The van der Waals surface area contributed by atoms with Gasteiger partial charge >= 0.3 is 0 Å². The van der Waals surface area contributed by atoms with Crippen LogP contribution in [0.3, 0.4) is 0 Å². The van der Waals surface area contributed by atoms with Crippen molar-refractivity contribution in [3.8, 4) is 0 Å². The van der Waals surface area contributed by atoms with E-state index in [1.807, 2.05) is 35.2 Å². The number of aromatic nitrogens is 1. The largest absolute Gasteiger partial charge is 0.312 e. The third kappa shape index (κ3) is 1.61. The van der Waals surface area contributed by atoms with Crippen LogP contribution in [0.4, 0.5) is 0 Å². The lowest BCUT2D eigenvalue weighted by atomic mass is 9.95. The monoisotopic (exact) mass is 281 g/mol. The summed E-state index contributed by atoms with van der Waals surface area (Å²) in [7, 11) is 0. The average molecular weight is 281 g/mol. The third-order valence-corrected chi connectivity index (χ3v) is 4.37. The molecule has 0 aliphatic carbocycles. The molecule has 106 valence electrons. The first-order chi connectivity index (χ1) is 10.2. The molecular formula is C16H15N3O2. The van der Waals surface area contributed by atoms with Crippen LogP contribution in [0.25, 0.3) is 0 Å². The number of hydrogen-bond acceptors (Lipinski definition) is 3. The Balaban J connectivity index is 1.95. The van der Waals surface area contributed by atoms with Crippen molar-refractivity contribution in [1.29, 1.82) is 0 Å². The van der Waals surface area contributed by atoms with Crippen LogP contribution in [-0.4, -0.2) is 28.5 Å². The molecule has 2 aliphatic heterocycles. The second-order valence-corrected chi connectivity index (χ2v) is 5.45. The lowest BCUT2D eigenvalue weighted by molar-refractivity contribution is 0.0388. The molecule has 1 aromatic heterocycles. The van der Waals surface area contributed by atoms with E-state index in [4.69, 9.17) is 0 Å². The topological polar surface area (TPSA) is 54.3 Å². The molecule has 4 rings (SSSR count). The summed E-state index contributed by atoms with van der Waals surface area (Å²) in [5, 5.41) is 3.43. The minimum atomic E-state index is -0.615. The van der Waals surface area contributed by atoms with Crippen LogP contribution in [0.15, 0.2) is 53.3 Å². The van der Waals surface area contributed by atoms with Gasteiger partial charge in [-0.05, 0) is 11.6 Å². The van der Waals surface area contributed by atoms with Gasteiger partial charge in [-0.1, -0.05) is 36.4 Å². The molecule has 0 bridgehead atoms. The Morgan fingerprint density at radius 3 is 2.62 bits per heavy atom. The summed E-state index contributed by atoms with van der Waals surface area (Å²) < 4.78 is 1.57. The van der Waals surface area contributed by atoms with Crippen molar-refractivity contribution in [3.05, 3.63) is 70.1 Å². The third-order valence-electron chi connectivity index (χ3n) is 4.37. The van der Waals surface area contributed by atoms with E-state index >= 15 is 0 Å². The van der Waals surface area contributed by atoms with E-state index in [2.05, 4.69) is 5.32 Å². The summed E-state index contributed by atoms with van der Waals surface area (Å²) in [5.74, 6) is -0.0900. The summed E-state index contributed by atoms with van der Waals surface area (Å²) in [6.07, 6.45) is 0. The second-order valence-electron chi connectivity index (χ2n) is 5.45. The highest BCUT2D eigenvalue weighted by atomic mass is 16.2. The quantitative estimate of drug-likeness (QED) is 0.839. The van der Waals surface area contributed by atoms with Crippen LogP contribution >= 0.6 is 0 Å². The summed E-state index contributed by atoms with van der Waals surface area (Å²) in [6, 6.07) is 14.7. The van der Waals surface area contributed by atoms with E-state index in [-0.39, 0.29) is 11.5 Å². The van der Waals surface area contributed by atoms with Crippen molar-refractivity contribution >= 4 is 5.91 Å². The number of carbonyl (C=O) groups is 1. The minimum Gasteiger partial charge on any atom is -0.312 e. The van der Waals surface area contributed by atoms with Gasteiger partial charge in [-0.2, -0.15) is 0 Å². The van der Waals surface area contributed by atoms with Crippen LogP contribution in [0, 0.1) is 0 Å². The highest BCUT2D eigenvalue weighted by molar-refractivity contribution is 5.94. The summed E-state index contributed by atoms with van der Waals surface area (Å²) in [6.45, 7) is 1.82. The predicted molar refractivity (Wildman–Crippen MR) is 77.9 cm³/mol. The maximum absolute atomic E-state index is 12.8. The zero-order chi connectivity index (χ0) is 14.4. The number of carbonyl (C=O) groups excluding carboxylic acids is 1. The molecule has 0 radical (unpaired) electrons. The molecule has 5 heteroatoms. The highest BCUT2D eigenvalue weighted by Crippen LogP contribution is 2.35. The molecule has 0 spiro atoms. The van der Waals surface area contributed by atoms with Crippen LogP contribution in [-0.2, 0) is 12.2 Å². The van der Waals surface area contributed by atoms with Gasteiger partial charge in [0.1, 0.15) is 11.4 Å². The van der Waals surface area contributed by atoms with Crippen LogP contribution in [0.2, 0.25) is 0 Å². The first-order valence-corrected chi connectivity index (χ1v) is 7.05. The zero-order valence-corrected chi connectivity index (χ0v) is 11.5. The van der Waals surface area contributed by atoms with Gasteiger partial charge in [0.25, 0.3) is 11.5 Å². The molecule has 0 saturated carbocycles. The van der Waals surface area contributed by atoms with Crippen molar-refractivity contribution < 1.29 is 4.79 Å². The maximum Gasteiger partial charge on any atom is 0.272 e. The number of hydrogen-bond donors (Lipinski definition) is 1. The standard InChI is InChI=1S/C16H15N3O2/c20-14-8-4-7-13-15(21)19-10-9-17-16(19,11-18(13)14)12-5-2-1-3-6-12/h1-8,17H,9-11H2. The van der Waals surface area contributed by atoms with E-state index in [0.717, 1.165) is 12.1 Å². The number of rotatable bonds is 1. The number of benzene rings is 1. The molecule has 2 aromatic rings. The van der Waals surface area contributed by atoms with E-state index < -0.39 is 5.66 Å². The molecule has 1 fully saturated rings. The Morgan fingerprint density at radius 2 is 1.81 bits per heavy atom. The van der Waals surface area contributed by atoms with E-state index in [9.17, 15) is 9.59 Å². The first-order valence-electron chi connectivity index (χ1n) is 7.05. The van der Waals surface area contributed by atoms with Crippen molar-refractivity contribution in [2.45, 2.75) is 12.2 Å². The molecule has 1 atom stereocenters. The van der Waals surface area contributed by atoms with Crippen molar-refractivity contribution in [3.63, 3.8) is 0 Å². The van der Waals surface area contributed by atoms with E-state index in [1.165, 1.54) is 6.07 Å². The predicted octanol–water partition coefficient (Wildman–Crippen LogP) is 0.760. The SMILES string of the molecule is O=C1c2cccc(=O)n2CC2(c3ccccc3)NCCN12. The Morgan fingerprint density at radius 1 is 1.00 bits per heavy atom. The average Bonchev–Trinajstić information content (AvgIpc) is 2.95. The summed E-state index contributed by atoms with van der Waals surface area (Å²) in [4.78, 5) is 26.7. The lowest BCUT2D eigenvalue weighted by Gasteiger charge is -2.43. The number of pyridine rings is 1. The summed E-state index contributed by atoms with van der Waals surface area (Å²) in [5.41, 5.74) is 0.732. The second kappa shape index (κ2) is 4.30. The van der Waals surface area contributed by atoms with Crippen molar-refractivity contribution in [2.75, 3.05) is 13.1 Å². The number of amides is 1. The van der Waals surface area contributed by atoms with Crippen LogP contribution in [0.1, 0.15) is 16.1 Å². The lowest BCUT2D eigenvalue weighted by Crippen LogP contribution is -2.59. The fraction of sp³-hybridized carbons (Fsp3) is 0.250. The number of nitrogens with one attached hydrogen (secondary N) is 1. The molecule has 5 nitrogen and oxygen atoms in total. The Labute approximate surface area is 121 Å². The Bertz CT molecular complexity index is 769. The molecule has 1 unspecified atom stereocenters. The fourth-order valence-electron chi connectivity index (χ4n) is 3.38. The van der Waals surface area contributed by atoms with Gasteiger partial charge < -0.3 is 4.90 Å². The maximum atomic E-state index is 12.8. The van der Waals surface area contributed by atoms with Crippen molar-refractivity contribution in [1.82, 2.24) is 14.8 Å². The molecular weight excluding hydrogens is 266 g/mol. The Hall–Kier alpha value is -2.40. The molecule has 2 aliphatic rings. The molecule has 1 aromatic carbocycles. The van der Waals surface area contributed by atoms with Gasteiger partial charge in [-0.15, -0.1) is 0 Å². The van der Waals surface area contributed by atoms with Crippen LogP contribution in [0.5, 0.6) is 0 Å². The van der Waals surface area contributed by atoms with Gasteiger partial charge in [-0.3, -0.25) is 19.5 Å². The zero-order valence-electron chi connectivity index (χ0n) is 11.5. The molecule has 3 heterocycles. The normalized spacial score (nSPS) is 23.8. The first kappa shape index (κ1) is 12.3. The summed E-state index contributed by atoms with van der Waals surface area (Å²) >= 11 is 0. The Kier molecular flexibility index (Phi) is 2.53. The van der Waals surface area contributed by atoms with Gasteiger partial charge in [-0.25, -0.2) is 0 Å². The highest BCUT2D eigenvalue weighted by Gasteiger charge is 2.49. The van der Waals surface area contributed by atoms with E-state index in [0.29, 0.717) is 18.8 Å². The van der Waals surface area contributed by atoms with Gasteiger partial charge in [0.15, 0.2) is 0 Å².